The maximum atomic E-state index is 11.4. The summed E-state index contributed by atoms with van der Waals surface area (Å²) in [6, 6.07) is 8.47. The second-order valence-electron chi connectivity index (χ2n) is 5.11. The van der Waals surface area contributed by atoms with Crippen LogP contribution in [0.25, 0.3) is 0 Å². The molecule has 0 bridgehead atoms. The molecule has 1 aliphatic rings. The fourth-order valence-corrected chi connectivity index (χ4v) is 2.91. The number of hydrogen-bond acceptors (Lipinski definition) is 3. The minimum Gasteiger partial charge on any atom is -0.480 e. The summed E-state index contributed by atoms with van der Waals surface area (Å²) in [5.41, 5.74) is 0.357. The second kappa shape index (κ2) is 5.33. The summed E-state index contributed by atoms with van der Waals surface area (Å²) in [5.74, 6) is -0.223. The highest BCUT2D eigenvalue weighted by Crippen LogP contribution is 2.29. The van der Waals surface area contributed by atoms with E-state index >= 15 is 0 Å². The zero-order chi connectivity index (χ0) is 13.2. The molecule has 98 valence electrons. The Hall–Kier alpha value is -1.00. The van der Waals surface area contributed by atoms with Crippen LogP contribution in [0.5, 0.6) is 0 Å². The van der Waals surface area contributed by atoms with Crippen LogP contribution in [0.2, 0.25) is 0 Å². The minimum absolute atomic E-state index is 0.392. The van der Waals surface area contributed by atoms with Crippen LogP contribution < -0.4 is 5.32 Å². The van der Waals surface area contributed by atoms with Gasteiger partial charge in [-0.15, -0.1) is 11.8 Å². The first kappa shape index (κ1) is 13.4. The first-order valence-corrected chi connectivity index (χ1v) is 7.19. The number of carboxylic acid groups (broad SMARTS) is 1. The molecule has 2 rings (SSSR count). The Morgan fingerprint density at radius 2 is 2.17 bits per heavy atom. The Kier molecular flexibility index (Phi) is 3.97. The van der Waals surface area contributed by atoms with E-state index in [1.54, 1.807) is 18.7 Å². The summed E-state index contributed by atoms with van der Waals surface area (Å²) >= 11 is 1.61. The molecule has 0 radical (unpaired) electrons. The average Bonchev–Trinajstić information content (AvgIpc) is 3.11. The van der Waals surface area contributed by atoms with Gasteiger partial charge in [-0.05, 0) is 38.3 Å². The molecule has 0 amide bonds. The summed E-state index contributed by atoms with van der Waals surface area (Å²) in [7, 11) is 0. The summed E-state index contributed by atoms with van der Waals surface area (Å²) < 4.78 is 0. The zero-order valence-corrected chi connectivity index (χ0v) is 11.6. The Morgan fingerprint density at radius 3 is 2.72 bits per heavy atom. The Bertz CT molecular complexity index is 445. The van der Waals surface area contributed by atoms with Crippen molar-refractivity contribution in [1.82, 2.24) is 5.32 Å². The lowest BCUT2D eigenvalue weighted by Crippen LogP contribution is -2.52. The molecular weight excluding hydrogens is 246 g/mol. The number of rotatable bonds is 6. The van der Waals surface area contributed by atoms with Crippen molar-refractivity contribution >= 4 is 17.7 Å². The van der Waals surface area contributed by atoms with Gasteiger partial charge >= 0.3 is 5.97 Å². The molecule has 1 saturated carbocycles. The van der Waals surface area contributed by atoms with Crippen molar-refractivity contribution in [2.45, 2.75) is 43.2 Å². The molecule has 2 N–H and O–H groups in total. The highest BCUT2D eigenvalue weighted by molar-refractivity contribution is 7.99. The standard InChI is InChI=1S/C14H19NO2S/c1-10-5-3-4-6-12(10)18-9-14(2,13(16)17)15-11-7-8-11/h3-6,11,15H,7-9H2,1-2H3,(H,16,17). The van der Waals surface area contributed by atoms with E-state index in [1.807, 2.05) is 18.2 Å². The van der Waals surface area contributed by atoms with Crippen LogP contribution in [0.3, 0.4) is 0 Å². The van der Waals surface area contributed by atoms with E-state index in [0.717, 1.165) is 17.7 Å². The van der Waals surface area contributed by atoms with E-state index in [-0.39, 0.29) is 0 Å². The molecule has 1 aliphatic carbocycles. The van der Waals surface area contributed by atoms with Gasteiger partial charge in [-0.3, -0.25) is 10.1 Å². The number of hydrogen-bond donors (Lipinski definition) is 2. The summed E-state index contributed by atoms with van der Waals surface area (Å²) in [4.78, 5) is 12.6. The second-order valence-corrected chi connectivity index (χ2v) is 6.13. The topological polar surface area (TPSA) is 49.3 Å². The molecule has 0 heterocycles. The minimum atomic E-state index is -0.839. The Morgan fingerprint density at radius 1 is 1.50 bits per heavy atom. The molecule has 4 heteroatoms. The summed E-state index contributed by atoms with van der Waals surface area (Å²) in [5, 5.41) is 12.6. The molecule has 0 spiro atoms. The molecule has 1 atom stereocenters. The van der Waals surface area contributed by atoms with Gasteiger partial charge in [0.2, 0.25) is 0 Å². The number of aliphatic carboxylic acids is 1. The zero-order valence-electron chi connectivity index (χ0n) is 10.8. The summed E-state index contributed by atoms with van der Waals surface area (Å²) in [6.07, 6.45) is 2.19. The van der Waals surface area contributed by atoms with Gasteiger partial charge < -0.3 is 5.11 Å². The van der Waals surface area contributed by atoms with Gasteiger partial charge in [-0.1, -0.05) is 18.2 Å². The van der Waals surface area contributed by atoms with Gasteiger partial charge in [0.25, 0.3) is 0 Å². The predicted octanol–water partition coefficient (Wildman–Crippen LogP) is 2.68. The summed E-state index contributed by atoms with van der Waals surface area (Å²) in [6.45, 7) is 3.83. The molecule has 1 aromatic rings. The molecular formula is C14H19NO2S. The maximum absolute atomic E-state index is 11.4. The van der Waals surface area contributed by atoms with Crippen LogP contribution in [-0.4, -0.2) is 28.4 Å². The quantitative estimate of drug-likeness (QED) is 0.776. The molecule has 0 saturated heterocycles. The first-order valence-electron chi connectivity index (χ1n) is 6.21. The molecule has 3 nitrogen and oxygen atoms in total. The third-order valence-electron chi connectivity index (χ3n) is 3.18. The van der Waals surface area contributed by atoms with E-state index in [4.69, 9.17) is 0 Å². The van der Waals surface area contributed by atoms with Gasteiger partial charge in [-0.2, -0.15) is 0 Å². The molecule has 18 heavy (non-hydrogen) atoms. The average molecular weight is 265 g/mol. The van der Waals surface area contributed by atoms with Gasteiger partial charge in [0.05, 0.1) is 0 Å². The smallest absolute Gasteiger partial charge is 0.324 e. The number of carboxylic acids is 1. The molecule has 1 unspecified atom stereocenters. The van der Waals surface area contributed by atoms with Crippen LogP contribution in [0.1, 0.15) is 25.3 Å². The van der Waals surface area contributed by atoms with Crippen LogP contribution in [0, 0.1) is 6.92 Å². The fraction of sp³-hybridized carbons (Fsp3) is 0.500. The van der Waals surface area contributed by atoms with E-state index in [2.05, 4.69) is 18.3 Å². The van der Waals surface area contributed by atoms with Crippen LogP contribution in [-0.2, 0) is 4.79 Å². The fourth-order valence-electron chi connectivity index (χ4n) is 1.78. The van der Waals surface area contributed by atoms with Crippen molar-refractivity contribution in [3.8, 4) is 0 Å². The number of nitrogens with one attached hydrogen (secondary N) is 1. The van der Waals surface area contributed by atoms with Crippen molar-refractivity contribution in [1.29, 1.82) is 0 Å². The van der Waals surface area contributed by atoms with Gasteiger partial charge in [0, 0.05) is 16.7 Å². The largest absolute Gasteiger partial charge is 0.480 e. The lowest BCUT2D eigenvalue weighted by molar-refractivity contribution is -0.143. The number of benzene rings is 1. The number of aryl methyl sites for hydroxylation is 1. The van der Waals surface area contributed by atoms with Crippen molar-refractivity contribution in [3.05, 3.63) is 29.8 Å². The molecule has 0 aliphatic heterocycles. The molecule has 1 aromatic carbocycles. The highest BCUT2D eigenvalue weighted by atomic mass is 32.2. The van der Waals surface area contributed by atoms with Crippen LogP contribution >= 0.6 is 11.8 Å². The van der Waals surface area contributed by atoms with Crippen molar-refractivity contribution in [2.24, 2.45) is 0 Å². The van der Waals surface area contributed by atoms with E-state index in [9.17, 15) is 9.90 Å². The lowest BCUT2D eigenvalue weighted by atomic mass is 10.1. The highest BCUT2D eigenvalue weighted by Gasteiger charge is 2.38. The maximum Gasteiger partial charge on any atom is 0.324 e. The normalized spacial score (nSPS) is 18.3. The van der Waals surface area contributed by atoms with Crippen molar-refractivity contribution in [3.63, 3.8) is 0 Å². The number of carbonyl (C=O) groups is 1. The number of thioether (sulfide) groups is 1. The monoisotopic (exact) mass is 265 g/mol. The first-order chi connectivity index (χ1) is 8.51. The van der Waals surface area contributed by atoms with Crippen molar-refractivity contribution in [2.75, 3.05) is 5.75 Å². The van der Waals surface area contributed by atoms with Crippen LogP contribution in [0.4, 0.5) is 0 Å². The van der Waals surface area contributed by atoms with Crippen molar-refractivity contribution < 1.29 is 9.90 Å². The van der Waals surface area contributed by atoms with Gasteiger partial charge in [0.1, 0.15) is 5.54 Å². The molecule has 0 aromatic heterocycles. The van der Waals surface area contributed by atoms with E-state index in [1.165, 1.54) is 5.56 Å². The molecule has 1 fully saturated rings. The van der Waals surface area contributed by atoms with E-state index in [0.29, 0.717) is 11.8 Å². The third kappa shape index (κ3) is 3.27. The van der Waals surface area contributed by atoms with Gasteiger partial charge in [0.15, 0.2) is 0 Å². The predicted molar refractivity (Wildman–Crippen MR) is 74.1 cm³/mol. The van der Waals surface area contributed by atoms with Gasteiger partial charge in [-0.25, -0.2) is 0 Å². The Balaban J connectivity index is 2.01. The lowest BCUT2D eigenvalue weighted by Gasteiger charge is -2.26. The SMILES string of the molecule is Cc1ccccc1SCC(C)(NC1CC1)C(=O)O. The Labute approximate surface area is 112 Å². The van der Waals surface area contributed by atoms with E-state index < -0.39 is 11.5 Å². The van der Waals surface area contributed by atoms with Crippen LogP contribution in [0.15, 0.2) is 29.2 Å². The third-order valence-corrected chi connectivity index (χ3v) is 4.67.